The van der Waals surface area contributed by atoms with Crippen LogP contribution in [-0.2, 0) is 0 Å². The predicted molar refractivity (Wildman–Crippen MR) is 116 cm³/mol. The van der Waals surface area contributed by atoms with E-state index in [0.717, 1.165) is 10.6 Å². The topological polar surface area (TPSA) is 78.0 Å². The molecule has 3 heterocycles. The lowest BCUT2D eigenvalue weighted by Crippen LogP contribution is -2.53. The third-order valence-electron chi connectivity index (χ3n) is 5.30. The van der Waals surface area contributed by atoms with Crippen LogP contribution in [0, 0.1) is 17.2 Å². The van der Waals surface area contributed by atoms with Crippen LogP contribution in [-0.4, -0.2) is 62.7 Å². The minimum Gasteiger partial charge on any atom is -0.333 e. The molecule has 0 spiro atoms. The van der Waals surface area contributed by atoms with Crippen LogP contribution < -0.4 is 0 Å². The van der Waals surface area contributed by atoms with Gasteiger partial charge in [0.1, 0.15) is 6.04 Å². The molecule has 1 aliphatic rings. The summed E-state index contributed by atoms with van der Waals surface area (Å²) >= 11 is 1.57. The zero-order valence-corrected chi connectivity index (χ0v) is 17.9. The van der Waals surface area contributed by atoms with Crippen molar-refractivity contribution in [3.8, 4) is 22.5 Å². The number of rotatable bonds is 5. The summed E-state index contributed by atoms with van der Waals surface area (Å²) < 4.78 is 1.74. The molecule has 0 N–H and O–H groups in total. The number of hydrogen-bond acceptors (Lipinski definition) is 6. The van der Waals surface area contributed by atoms with Crippen LogP contribution in [0.4, 0.5) is 0 Å². The first-order chi connectivity index (χ1) is 14.6. The van der Waals surface area contributed by atoms with E-state index in [1.54, 1.807) is 20.9 Å². The van der Waals surface area contributed by atoms with Crippen molar-refractivity contribution in [1.29, 1.82) is 5.26 Å². The van der Waals surface area contributed by atoms with Gasteiger partial charge in [0.2, 0.25) is 5.82 Å². The van der Waals surface area contributed by atoms with Crippen molar-refractivity contribution in [2.75, 3.05) is 26.2 Å². The molecule has 1 unspecified atom stereocenters. The predicted octanol–water partition coefficient (Wildman–Crippen LogP) is 3.30. The molecule has 30 heavy (non-hydrogen) atoms. The molecule has 0 saturated carbocycles. The molecule has 1 aromatic carbocycles. The number of nitriles is 1. The Hall–Kier alpha value is -3.02. The highest BCUT2D eigenvalue weighted by atomic mass is 32.1. The van der Waals surface area contributed by atoms with E-state index in [2.05, 4.69) is 34.9 Å². The Bertz CT molecular complexity index is 1030. The molecule has 4 rings (SSSR count). The van der Waals surface area contributed by atoms with E-state index in [1.807, 2.05) is 47.8 Å². The fraction of sp³-hybridized carbons (Fsp3) is 0.364. The fourth-order valence-corrected chi connectivity index (χ4v) is 4.41. The van der Waals surface area contributed by atoms with Crippen LogP contribution in [0.15, 0.2) is 47.8 Å². The highest BCUT2D eigenvalue weighted by Gasteiger charge is 2.30. The lowest BCUT2D eigenvalue weighted by atomic mass is 10.0. The Morgan fingerprint density at radius 3 is 2.43 bits per heavy atom. The number of para-hydroxylation sites is 1. The summed E-state index contributed by atoms with van der Waals surface area (Å²) in [6.45, 7) is 6.60. The molecular weight excluding hydrogens is 396 g/mol. The van der Waals surface area contributed by atoms with Crippen molar-refractivity contribution in [1.82, 2.24) is 24.6 Å². The van der Waals surface area contributed by atoms with Gasteiger partial charge >= 0.3 is 0 Å². The molecule has 8 heteroatoms. The first kappa shape index (κ1) is 20.3. The van der Waals surface area contributed by atoms with Gasteiger partial charge in [-0.1, -0.05) is 38.1 Å². The Labute approximate surface area is 180 Å². The molecule has 1 atom stereocenters. The molecule has 1 amide bonds. The van der Waals surface area contributed by atoms with Crippen molar-refractivity contribution in [2.45, 2.75) is 19.9 Å². The number of piperazine rings is 1. The molecule has 1 fully saturated rings. The van der Waals surface area contributed by atoms with E-state index < -0.39 is 0 Å². The van der Waals surface area contributed by atoms with Crippen molar-refractivity contribution in [3.05, 3.63) is 53.7 Å². The van der Waals surface area contributed by atoms with E-state index in [4.69, 9.17) is 0 Å². The Morgan fingerprint density at radius 1 is 1.10 bits per heavy atom. The average molecular weight is 421 g/mol. The molecule has 1 aliphatic heterocycles. The molecule has 0 radical (unpaired) electrons. The summed E-state index contributed by atoms with van der Waals surface area (Å²) in [5.41, 5.74) is 0.867. The van der Waals surface area contributed by atoms with Crippen LogP contribution in [0.5, 0.6) is 0 Å². The minimum atomic E-state index is -0.166. The maximum Gasteiger partial charge on any atom is 0.293 e. The van der Waals surface area contributed by atoms with E-state index in [1.165, 1.54) is 0 Å². The van der Waals surface area contributed by atoms with Gasteiger partial charge in [-0.3, -0.25) is 9.69 Å². The normalized spacial score (nSPS) is 15.9. The highest BCUT2D eigenvalue weighted by Crippen LogP contribution is 2.26. The summed E-state index contributed by atoms with van der Waals surface area (Å²) in [6, 6.07) is 15.9. The van der Waals surface area contributed by atoms with E-state index >= 15 is 0 Å². The zero-order chi connectivity index (χ0) is 21.1. The van der Waals surface area contributed by atoms with Crippen molar-refractivity contribution < 1.29 is 4.79 Å². The maximum atomic E-state index is 13.2. The average Bonchev–Trinajstić information content (AvgIpc) is 3.44. The van der Waals surface area contributed by atoms with Gasteiger partial charge in [0, 0.05) is 26.2 Å². The Morgan fingerprint density at radius 2 is 1.83 bits per heavy atom. The Kier molecular flexibility index (Phi) is 5.93. The molecule has 7 nitrogen and oxygen atoms in total. The summed E-state index contributed by atoms with van der Waals surface area (Å²) in [4.78, 5) is 22.7. The lowest BCUT2D eigenvalue weighted by molar-refractivity contribution is 0.0565. The quantitative estimate of drug-likeness (QED) is 0.633. The number of carbonyl (C=O) groups excluding carboxylic acids is 1. The van der Waals surface area contributed by atoms with Gasteiger partial charge in [-0.05, 0) is 29.5 Å². The van der Waals surface area contributed by atoms with E-state index in [0.29, 0.717) is 32.0 Å². The smallest absolute Gasteiger partial charge is 0.293 e. The SMILES string of the molecule is CC(C)C(C#N)N1CCN(C(=O)c2nc(-c3cccs3)n(-c3ccccc3)n2)CC1. The summed E-state index contributed by atoms with van der Waals surface area (Å²) in [5.74, 6) is 0.966. The summed E-state index contributed by atoms with van der Waals surface area (Å²) in [5, 5.41) is 16.0. The van der Waals surface area contributed by atoms with Gasteiger partial charge in [0.15, 0.2) is 5.82 Å². The van der Waals surface area contributed by atoms with Gasteiger partial charge in [-0.15, -0.1) is 16.4 Å². The van der Waals surface area contributed by atoms with Crippen LogP contribution >= 0.6 is 11.3 Å². The third kappa shape index (κ3) is 3.99. The number of benzene rings is 1. The molecule has 3 aromatic rings. The summed E-state index contributed by atoms with van der Waals surface area (Å²) in [7, 11) is 0. The van der Waals surface area contributed by atoms with Crippen LogP contribution in [0.2, 0.25) is 0 Å². The van der Waals surface area contributed by atoms with Gasteiger partial charge in [0.25, 0.3) is 5.91 Å². The first-order valence-electron chi connectivity index (χ1n) is 10.1. The molecule has 1 saturated heterocycles. The molecule has 154 valence electrons. The summed E-state index contributed by atoms with van der Waals surface area (Å²) in [6.07, 6.45) is 0. The molecule has 2 aromatic heterocycles. The number of nitrogens with zero attached hydrogens (tertiary/aromatic N) is 6. The highest BCUT2D eigenvalue weighted by molar-refractivity contribution is 7.13. The second-order valence-corrected chi connectivity index (χ2v) is 8.58. The standard InChI is InChI=1S/C22H24N6OS/c1-16(2)18(15-23)26-10-12-27(13-11-26)22(29)20-24-21(19-9-6-14-30-19)28(25-20)17-7-4-3-5-8-17/h3-9,14,16,18H,10-13H2,1-2H3. The van der Waals surface area contributed by atoms with Crippen molar-refractivity contribution in [3.63, 3.8) is 0 Å². The largest absolute Gasteiger partial charge is 0.333 e. The number of thiophene rings is 1. The molecule has 0 aliphatic carbocycles. The van der Waals surface area contributed by atoms with E-state index in [-0.39, 0.29) is 23.7 Å². The number of amides is 1. The number of hydrogen-bond donors (Lipinski definition) is 0. The monoisotopic (exact) mass is 420 g/mol. The fourth-order valence-electron chi connectivity index (χ4n) is 3.71. The second-order valence-electron chi connectivity index (χ2n) is 7.63. The number of carbonyl (C=O) groups is 1. The van der Waals surface area contributed by atoms with Gasteiger partial charge < -0.3 is 4.90 Å². The van der Waals surface area contributed by atoms with Crippen molar-refractivity contribution >= 4 is 17.2 Å². The second kappa shape index (κ2) is 8.78. The van der Waals surface area contributed by atoms with Crippen molar-refractivity contribution in [2.24, 2.45) is 5.92 Å². The van der Waals surface area contributed by atoms with E-state index in [9.17, 15) is 10.1 Å². The third-order valence-corrected chi connectivity index (χ3v) is 6.17. The molecule has 0 bridgehead atoms. The van der Waals surface area contributed by atoms with Gasteiger partial charge in [-0.25, -0.2) is 9.67 Å². The van der Waals surface area contributed by atoms with Crippen LogP contribution in [0.3, 0.4) is 0 Å². The number of aromatic nitrogens is 3. The first-order valence-corrected chi connectivity index (χ1v) is 11.0. The molecular formula is C22H24N6OS. The van der Waals surface area contributed by atoms with Crippen LogP contribution in [0.25, 0.3) is 16.4 Å². The van der Waals surface area contributed by atoms with Gasteiger partial charge in [-0.2, -0.15) is 5.26 Å². The lowest BCUT2D eigenvalue weighted by Gasteiger charge is -2.37. The van der Waals surface area contributed by atoms with Gasteiger partial charge in [0.05, 0.1) is 16.6 Å². The Balaban J connectivity index is 1.56. The minimum absolute atomic E-state index is 0.122. The maximum absolute atomic E-state index is 13.2. The zero-order valence-electron chi connectivity index (χ0n) is 17.1. The van der Waals surface area contributed by atoms with Crippen LogP contribution in [0.1, 0.15) is 24.5 Å².